The first kappa shape index (κ1) is 12.5. The summed E-state index contributed by atoms with van der Waals surface area (Å²) in [4.78, 5) is 2.37. The molecule has 0 aromatic carbocycles. The zero-order valence-corrected chi connectivity index (χ0v) is 9.63. The van der Waals surface area contributed by atoms with E-state index in [1.165, 1.54) is 0 Å². The summed E-state index contributed by atoms with van der Waals surface area (Å²) in [6, 6.07) is 0. The van der Waals surface area contributed by atoms with E-state index >= 15 is 0 Å². The summed E-state index contributed by atoms with van der Waals surface area (Å²) < 4.78 is 0. The van der Waals surface area contributed by atoms with E-state index in [1.54, 1.807) is 0 Å². The number of rotatable bonds is 4. The van der Waals surface area contributed by atoms with Crippen molar-refractivity contribution in [2.24, 2.45) is 5.73 Å². The summed E-state index contributed by atoms with van der Waals surface area (Å²) >= 11 is 0. The fourth-order valence-electron chi connectivity index (χ4n) is 2.04. The Bertz CT molecular complexity index is 216. The van der Waals surface area contributed by atoms with Crippen molar-refractivity contribution in [3.8, 4) is 0 Å². The highest BCUT2D eigenvalue weighted by Crippen LogP contribution is 2.21. The van der Waals surface area contributed by atoms with E-state index in [0.717, 1.165) is 45.3 Å². The monoisotopic (exact) mass is 213 g/mol. The van der Waals surface area contributed by atoms with Gasteiger partial charge in [0.2, 0.25) is 0 Å². The molecule has 0 aromatic rings. The van der Waals surface area contributed by atoms with E-state index in [-0.39, 0.29) is 5.84 Å². The normalized spacial score (nSPS) is 28.7. The van der Waals surface area contributed by atoms with Crippen molar-refractivity contribution >= 4 is 5.84 Å². The van der Waals surface area contributed by atoms with Crippen LogP contribution >= 0.6 is 0 Å². The fourth-order valence-corrected chi connectivity index (χ4v) is 2.04. The number of hydrogen-bond acceptors (Lipinski definition) is 3. The average Bonchev–Trinajstić information content (AvgIpc) is 2.27. The Morgan fingerprint density at radius 3 is 2.87 bits per heavy atom. The zero-order valence-electron chi connectivity index (χ0n) is 9.63. The van der Waals surface area contributed by atoms with Crippen molar-refractivity contribution in [3.63, 3.8) is 0 Å². The Morgan fingerprint density at radius 1 is 1.47 bits per heavy atom. The molecule has 1 atom stereocenters. The Kier molecular flexibility index (Phi) is 4.54. The molecular formula is C11H23N3O. The summed E-state index contributed by atoms with van der Waals surface area (Å²) in [5.41, 5.74) is 4.83. The van der Waals surface area contributed by atoms with Gasteiger partial charge >= 0.3 is 0 Å². The topological polar surface area (TPSA) is 73.3 Å². The number of nitrogens with one attached hydrogen (secondary N) is 1. The minimum absolute atomic E-state index is 0.275. The number of likely N-dealkylation sites (tertiary alicyclic amines) is 1. The van der Waals surface area contributed by atoms with E-state index in [1.807, 2.05) is 6.92 Å². The lowest BCUT2D eigenvalue weighted by Gasteiger charge is -2.22. The minimum Gasteiger partial charge on any atom is -0.390 e. The standard InChI is InChI=1S/C11H23N3O/c1-11(15)5-3-8-14(9-6-11)7-2-4-10(12)13/h15H,2-9H2,1H3,(H3,12,13). The van der Waals surface area contributed by atoms with Crippen molar-refractivity contribution in [2.45, 2.75) is 44.6 Å². The second-order valence-electron chi connectivity index (χ2n) is 4.82. The predicted molar refractivity (Wildman–Crippen MR) is 62.1 cm³/mol. The third-order valence-electron chi connectivity index (χ3n) is 3.08. The van der Waals surface area contributed by atoms with Crippen LogP contribution in [0.4, 0.5) is 0 Å². The van der Waals surface area contributed by atoms with Gasteiger partial charge in [0, 0.05) is 13.0 Å². The van der Waals surface area contributed by atoms with Crippen molar-refractivity contribution in [3.05, 3.63) is 0 Å². The van der Waals surface area contributed by atoms with Gasteiger partial charge in [-0.15, -0.1) is 0 Å². The van der Waals surface area contributed by atoms with Crippen LogP contribution < -0.4 is 5.73 Å². The first-order valence-electron chi connectivity index (χ1n) is 5.77. The molecule has 0 spiro atoms. The summed E-state index contributed by atoms with van der Waals surface area (Å²) in [7, 11) is 0. The molecule has 0 aliphatic carbocycles. The second-order valence-corrected chi connectivity index (χ2v) is 4.82. The van der Waals surface area contributed by atoms with Gasteiger partial charge < -0.3 is 15.7 Å². The van der Waals surface area contributed by atoms with Crippen molar-refractivity contribution < 1.29 is 5.11 Å². The lowest BCUT2D eigenvalue weighted by atomic mass is 9.98. The van der Waals surface area contributed by atoms with E-state index in [4.69, 9.17) is 11.1 Å². The van der Waals surface area contributed by atoms with Gasteiger partial charge in [-0.3, -0.25) is 5.41 Å². The molecule has 1 fully saturated rings. The van der Waals surface area contributed by atoms with E-state index in [0.29, 0.717) is 6.42 Å². The van der Waals surface area contributed by atoms with E-state index in [9.17, 15) is 5.11 Å². The van der Waals surface area contributed by atoms with Crippen LogP contribution in [-0.2, 0) is 0 Å². The van der Waals surface area contributed by atoms with Crippen molar-refractivity contribution in [1.82, 2.24) is 4.90 Å². The van der Waals surface area contributed by atoms with Crippen LogP contribution in [0.3, 0.4) is 0 Å². The zero-order chi connectivity index (χ0) is 11.3. The van der Waals surface area contributed by atoms with Crippen LogP contribution in [0.2, 0.25) is 0 Å². The molecule has 1 saturated heterocycles. The maximum atomic E-state index is 9.91. The Morgan fingerprint density at radius 2 is 2.20 bits per heavy atom. The van der Waals surface area contributed by atoms with Crippen LogP contribution in [0.5, 0.6) is 0 Å². The van der Waals surface area contributed by atoms with Gasteiger partial charge in [-0.1, -0.05) is 0 Å². The Hall–Kier alpha value is -0.610. The fraction of sp³-hybridized carbons (Fsp3) is 0.909. The molecule has 4 heteroatoms. The summed E-state index contributed by atoms with van der Waals surface area (Å²) in [6.45, 7) is 4.95. The highest BCUT2D eigenvalue weighted by molar-refractivity contribution is 5.76. The SMILES string of the molecule is CC1(O)CCCN(CCCC(=N)N)CC1. The molecule has 0 bridgehead atoms. The molecule has 4 N–H and O–H groups in total. The highest BCUT2D eigenvalue weighted by atomic mass is 16.3. The van der Waals surface area contributed by atoms with Gasteiger partial charge in [-0.05, 0) is 45.7 Å². The highest BCUT2D eigenvalue weighted by Gasteiger charge is 2.24. The molecule has 0 amide bonds. The third-order valence-corrected chi connectivity index (χ3v) is 3.08. The average molecular weight is 213 g/mol. The van der Waals surface area contributed by atoms with Crippen LogP contribution in [0.15, 0.2) is 0 Å². The van der Waals surface area contributed by atoms with Crippen molar-refractivity contribution in [2.75, 3.05) is 19.6 Å². The molecule has 1 aliphatic rings. The number of amidine groups is 1. The largest absolute Gasteiger partial charge is 0.390 e. The maximum Gasteiger partial charge on any atom is 0.0905 e. The van der Waals surface area contributed by atoms with Crippen molar-refractivity contribution in [1.29, 1.82) is 5.41 Å². The lowest BCUT2D eigenvalue weighted by Crippen LogP contribution is -2.29. The molecule has 1 unspecified atom stereocenters. The molecule has 1 rings (SSSR count). The van der Waals surface area contributed by atoms with E-state index in [2.05, 4.69) is 4.90 Å². The van der Waals surface area contributed by atoms with Gasteiger partial charge in [0.1, 0.15) is 0 Å². The Balaban J connectivity index is 2.23. The summed E-state index contributed by atoms with van der Waals surface area (Å²) in [5, 5.41) is 17.0. The first-order chi connectivity index (χ1) is 6.99. The first-order valence-corrected chi connectivity index (χ1v) is 5.77. The summed E-state index contributed by atoms with van der Waals surface area (Å²) in [5.74, 6) is 0.275. The molecule has 4 nitrogen and oxygen atoms in total. The van der Waals surface area contributed by atoms with Gasteiger partial charge in [0.05, 0.1) is 11.4 Å². The summed E-state index contributed by atoms with van der Waals surface area (Å²) in [6.07, 6.45) is 4.46. The van der Waals surface area contributed by atoms with Crippen LogP contribution in [-0.4, -0.2) is 41.1 Å². The molecule has 88 valence electrons. The van der Waals surface area contributed by atoms with Crippen LogP contribution in [0, 0.1) is 5.41 Å². The molecule has 0 radical (unpaired) electrons. The number of hydrogen-bond donors (Lipinski definition) is 3. The maximum absolute atomic E-state index is 9.91. The number of nitrogens with zero attached hydrogens (tertiary/aromatic N) is 1. The van der Waals surface area contributed by atoms with Gasteiger partial charge in [0.15, 0.2) is 0 Å². The molecule has 0 saturated carbocycles. The molecule has 15 heavy (non-hydrogen) atoms. The number of nitrogens with two attached hydrogens (primary N) is 1. The van der Waals surface area contributed by atoms with Crippen LogP contribution in [0.25, 0.3) is 0 Å². The second kappa shape index (κ2) is 5.47. The lowest BCUT2D eigenvalue weighted by molar-refractivity contribution is 0.0446. The van der Waals surface area contributed by atoms with Gasteiger partial charge in [-0.2, -0.15) is 0 Å². The predicted octanol–water partition coefficient (Wildman–Crippen LogP) is 0.939. The number of aliphatic hydroxyl groups is 1. The molecule has 1 heterocycles. The quantitative estimate of drug-likeness (QED) is 0.480. The minimum atomic E-state index is -0.477. The van der Waals surface area contributed by atoms with Gasteiger partial charge in [-0.25, -0.2) is 0 Å². The van der Waals surface area contributed by atoms with Gasteiger partial charge in [0.25, 0.3) is 0 Å². The third kappa shape index (κ3) is 5.14. The smallest absolute Gasteiger partial charge is 0.0905 e. The molecule has 0 aromatic heterocycles. The molecular weight excluding hydrogens is 190 g/mol. The van der Waals surface area contributed by atoms with E-state index < -0.39 is 5.60 Å². The Labute approximate surface area is 92.0 Å². The van der Waals surface area contributed by atoms with Crippen LogP contribution in [0.1, 0.15) is 39.0 Å². The molecule has 1 aliphatic heterocycles.